The SMILES string of the molecule is C=CCC12CCCC1C(OCC)=CC2=S. The minimum atomic E-state index is 0.182. The van der Waals surface area contributed by atoms with Crippen LogP contribution in [0.3, 0.4) is 0 Å². The van der Waals surface area contributed by atoms with Gasteiger partial charge >= 0.3 is 0 Å². The third-order valence-corrected chi connectivity index (χ3v) is 4.23. The van der Waals surface area contributed by atoms with Crippen LogP contribution in [-0.4, -0.2) is 11.5 Å². The zero-order valence-corrected chi connectivity index (χ0v) is 10.1. The standard InChI is InChI=1S/C13H18OS/c1-3-7-13-8-5-6-10(13)11(14-4-2)9-12(13)15/h3,9-10H,1,4-8H2,2H3. The summed E-state index contributed by atoms with van der Waals surface area (Å²) in [5, 5.41) is 0. The lowest BCUT2D eigenvalue weighted by Gasteiger charge is -2.29. The maximum atomic E-state index is 5.70. The van der Waals surface area contributed by atoms with Gasteiger partial charge in [0.25, 0.3) is 0 Å². The van der Waals surface area contributed by atoms with E-state index in [2.05, 4.69) is 12.7 Å². The highest BCUT2D eigenvalue weighted by Crippen LogP contribution is 2.55. The van der Waals surface area contributed by atoms with Crippen LogP contribution < -0.4 is 0 Å². The first-order valence-electron chi connectivity index (χ1n) is 5.74. The molecule has 0 aromatic carbocycles. The van der Waals surface area contributed by atoms with Crippen molar-refractivity contribution in [3.63, 3.8) is 0 Å². The third kappa shape index (κ3) is 1.55. The van der Waals surface area contributed by atoms with E-state index < -0.39 is 0 Å². The lowest BCUT2D eigenvalue weighted by atomic mass is 9.76. The molecule has 82 valence electrons. The highest BCUT2D eigenvalue weighted by atomic mass is 32.1. The number of hydrogen-bond donors (Lipinski definition) is 0. The van der Waals surface area contributed by atoms with Crippen molar-refractivity contribution in [2.75, 3.05) is 6.61 Å². The van der Waals surface area contributed by atoms with E-state index in [4.69, 9.17) is 17.0 Å². The third-order valence-electron chi connectivity index (χ3n) is 3.71. The molecule has 2 aliphatic carbocycles. The molecule has 1 fully saturated rings. The Kier molecular flexibility index (Phi) is 2.96. The summed E-state index contributed by atoms with van der Waals surface area (Å²) in [6.07, 6.45) is 8.79. The van der Waals surface area contributed by atoms with Gasteiger partial charge in [-0.1, -0.05) is 24.7 Å². The van der Waals surface area contributed by atoms with Gasteiger partial charge in [-0.3, -0.25) is 0 Å². The van der Waals surface area contributed by atoms with E-state index in [0.29, 0.717) is 5.92 Å². The van der Waals surface area contributed by atoms with Gasteiger partial charge in [0, 0.05) is 16.2 Å². The summed E-state index contributed by atoms with van der Waals surface area (Å²) >= 11 is 5.52. The Morgan fingerprint density at radius 1 is 1.73 bits per heavy atom. The van der Waals surface area contributed by atoms with E-state index in [0.717, 1.165) is 23.7 Å². The van der Waals surface area contributed by atoms with Gasteiger partial charge in [-0.2, -0.15) is 0 Å². The Morgan fingerprint density at radius 3 is 3.20 bits per heavy atom. The molecule has 0 radical (unpaired) electrons. The lowest BCUT2D eigenvalue weighted by molar-refractivity contribution is 0.169. The summed E-state index contributed by atoms with van der Waals surface area (Å²) in [4.78, 5) is 1.09. The molecule has 0 bridgehead atoms. The number of ether oxygens (including phenoxy) is 1. The van der Waals surface area contributed by atoms with E-state index in [1.807, 2.05) is 13.0 Å². The first-order chi connectivity index (χ1) is 7.24. The van der Waals surface area contributed by atoms with Gasteiger partial charge in [0.2, 0.25) is 0 Å². The largest absolute Gasteiger partial charge is 0.498 e. The van der Waals surface area contributed by atoms with Crippen LogP contribution in [-0.2, 0) is 4.74 Å². The molecular formula is C13H18OS. The molecule has 0 saturated heterocycles. The monoisotopic (exact) mass is 222 g/mol. The predicted octanol–water partition coefficient (Wildman–Crippen LogP) is 3.65. The summed E-state index contributed by atoms with van der Waals surface area (Å²) in [6, 6.07) is 0. The molecule has 15 heavy (non-hydrogen) atoms. The van der Waals surface area contributed by atoms with Crippen LogP contribution in [0, 0.1) is 11.3 Å². The molecule has 0 aliphatic heterocycles. The highest BCUT2D eigenvalue weighted by molar-refractivity contribution is 7.80. The zero-order valence-electron chi connectivity index (χ0n) is 9.29. The van der Waals surface area contributed by atoms with E-state index in [-0.39, 0.29) is 5.41 Å². The Hall–Kier alpha value is -0.630. The quantitative estimate of drug-likeness (QED) is 0.530. The number of hydrogen-bond acceptors (Lipinski definition) is 2. The fourth-order valence-electron chi connectivity index (χ4n) is 3.07. The minimum Gasteiger partial charge on any atom is -0.498 e. The topological polar surface area (TPSA) is 9.23 Å². The Labute approximate surface area is 97.2 Å². The molecule has 0 aromatic rings. The summed E-state index contributed by atoms with van der Waals surface area (Å²) in [6.45, 7) is 6.64. The van der Waals surface area contributed by atoms with Crippen molar-refractivity contribution in [2.24, 2.45) is 11.3 Å². The van der Waals surface area contributed by atoms with Crippen LogP contribution in [0.1, 0.15) is 32.6 Å². The Morgan fingerprint density at radius 2 is 2.53 bits per heavy atom. The summed E-state index contributed by atoms with van der Waals surface area (Å²) in [5.41, 5.74) is 0.182. The maximum Gasteiger partial charge on any atom is 0.101 e. The average molecular weight is 222 g/mol. The average Bonchev–Trinajstić information content (AvgIpc) is 2.70. The van der Waals surface area contributed by atoms with Crippen molar-refractivity contribution in [1.29, 1.82) is 0 Å². The molecule has 0 heterocycles. The van der Waals surface area contributed by atoms with Gasteiger partial charge in [0.05, 0.1) is 6.61 Å². The minimum absolute atomic E-state index is 0.182. The molecule has 1 nitrogen and oxygen atoms in total. The van der Waals surface area contributed by atoms with Crippen molar-refractivity contribution in [3.05, 3.63) is 24.5 Å². The number of allylic oxidation sites excluding steroid dienone is 3. The molecule has 0 spiro atoms. The number of fused-ring (bicyclic) bond motifs is 1. The normalized spacial score (nSPS) is 33.8. The van der Waals surface area contributed by atoms with Gasteiger partial charge < -0.3 is 4.74 Å². The van der Waals surface area contributed by atoms with Gasteiger partial charge in [0.1, 0.15) is 5.76 Å². The Bertz CT molecular complexity index is 318. The highest BCUT2D eigenvalue weighted by Gasteiger charge is 2.50. The van der Waals surface area contributed by atoms with Crippen LogP contribution >= 0.6 is 12.2 Å². The lowest BCUT2D eigenvalue weighted by Crippen LogP contribution is -2.28. The van der Waals surface area contributed by atoms with Crippen LogP contribution in [0.25, 0.3) is 0 Å². The smallest absolute Gasteiger partial charge is 0.101 e. The van der Waals surface area contributed by atoms with Gasteiger partial charge in [0.15, 0.2) is 0 Å². The van der Waals surface area contributed by atoms with Crippen molar-refractivity contribution in [3.8, 4) is 0 Å². The molecule has 1 saturated carbocycles. The van der Waals surface area contributed by atoms with Gasteiger partial charge in [-0.15, -0.1) is 6.58 Å². The second kappa shape index (κ2) is 4.09. The first-order valence-corrected chi connectivity index (χ1v) is 6.15. The van der Waals surface area contributed by atoms with Crippen LogP contribution in [0.4, 0.5) is 0 Å². The fraction of sp³-hybridized carbons (Fsp3) is 0.615. The predicted molar refractivity (Wildman–Crippen MR) is 66.9 cm³/mol. The molecule has 0 aromatic heterocycles. The van der Waals surface area contributed by atoms with Gasteiger partial charge in [-0.05, 0) is 32.3 Å². The first kappa shape index (κ1) is 10.9. The van der Waals surface area contributed by atoms with Crippen LogP contribution in [0.15, 0.2) is 24.5 Å². The van der Waals surface area contributed by atoms with Crippen molar-refractivity contribution >= 4 is 17.1 Å². The van der Waals surface area contributed by atoms with E-state index in [1.54, 1.807) is 0 Å². The van der Waals surface area contributed by atoms with Crippen LogP contribution in [0.5, 0.6) is 0 Å². The zero-order chi connectivity index (χ0) is 10.9. The molecule has 0 N–H and O–H groups in total. The fourth-order valence-corrected chi connectivity index (χ4v) is 3.51. The molecule has 2 unspecified atom stereocenters. The molecule has 2 aliphatic rings. The Balaban J connectivity index is 2.26. The van der Waals surface area contributed by atoms with Gasteiger partial charge in [-0.25, -0.2) is 0 Å². The summed E-state index contributed by atoms with van der Waals surface area (Å²) < 4.78 is 5.70. The molecule has 0 amide bonds. The second-order valence-corrected chi connectivity index (χ2v) is 4.88. The van der Waals surface area contributed by atoms with E-state index in [9.17, 15) is 0 Å². The molecule has 2 rings (SSSR count). The number of thiocarbonyl (C=S) groups is 1. The van der Waals surface area contributed by atoms with E-state index >= 15 is 0 Å². The molecule has 2 atom stereocenters. The second-order valence-electron chi connectivity index (χ2n) is 4.44. The molecular weight excluding hydrogens is 204 g/mol. The summed E-state index contributed by atoms with van der Waals surface area (Å²) in [5.74, 6) is 1.66. The summed E-state index contributed by atoms with van der Waals surface area (Å²) in [7, 11) is 0. The van der Waals surface area contributed by atoms with Crippen molar-refractivity contribution in [2.45, 2.75) is 32.6 Å². The maximum absolute atomic E-state index is 5.70. The molecule has 2 heteroatoms. The van der Waals surface area contributed by atoms with E-state index in [1.165, 1.54) is 19.3 Å². The van der Waals surface area contributed by atoms with Crippen molar-refractivity contribution in [1.82, 2.24) is 0 Å². The van der Waals surface area contributed by atoms with Crippen LogP contribution in [0.2, 0.25) is 0 Å². The van der Waals surface area contributed by atoms with Crippen molar-refractivity contribution < 1.29 is 4.74 Å². The number of rotatable bonds is 4.